The van der Waals surface area contributed by atoms with Gasteiger partial charge in [0, 0.05) is 6.42 Å². The maximum absolute atomic E-state index is 11.3. The summed E-state index contributed by atoms with van der Waals surface area (Å²) in [5.74, 6) is -2.31. The van der Waals surface area contributed by atoms with Crippen LogP contribution in [0.25, 0.3) is 0 Å². The minimum atomic E-state index is -2.31. The van der Waals surface area contributed by atoms with Crippen LogP contribution in [0.15, 0.2) is 0 Å². The summed E-state index contributed by atoms with van der Waals surface area (Å²) in [7, 11) is 0. The Morgan fingerprint density at radius 2 is 1.11 bits per heavy atom. The summed E-state index contributed by atoms with van der Waals surface area (Å²) in [6.45, 7) is -1.46. The highest BCUT2D eigenvalue weighted by Crippen LogP contribution is 2.43. The summed E-state index contributed by atoms with van der Waals surface area (Å²) in [5.41, 5.74) is 0. The number of aliphatic hydroxyl groups is 13. The highest BCUT2D eigenvalue weighted by molar-refractivity contribution is 5.02. The lowest BCUT2D eigenvalue weighted by Crippen LogP contribution is -2.72. The molecule has 4 aliphatic heterocycles. The van der Waals surface area contributed by atoms with Gasteiger partial charge in [0.25, 0.3) is 0 Å². The van der Waals surface area contributed by atoms with Gasteiger partial charge in [-0.2, -0.15) is 0 Å². The van der Waals surface area contributed by atoms with E-state index in [2.05, 4.69) is 0 Å². The van der Waals surface area contributed by atoms with Crippen molar-refractivity contribution in [2.24, 2.45) is 0 Å². The van der Waals surface area contributed by atoms with Gasteiger partial charge in [-0.1, -0.05) is 13.3 Å². The fraction of sp³-hybridized carbons (Fsp3) is 1.00. The first-order valence-corrected chi connectivity index (χ1v) is 15.0. The Labute approximate surface area is 262 Å². The van der Waals surface area contributed by atoms with Crippen molar-refractivity contribution in [1.82, 2.24) is 0 Å². The second-order valence-corrected chi connectivity index (χ2v) is 11.8. The van der Waals surface area contributed by atoms with Crippen molar-refractivity contribution < 1.29 is 99.5 Å². The lowest BCUT2D eigenvalue weighted by molar-refractivity contribution is -0.451. The average molecular weight is 679 g/mol. The third-order valence-corrected chi connectivity index (χ3v) is 8.62. The van der Waals surface area contributed by atoms with Crippen LogP contribution < -0.4 is 0 Å². The van der Waals surface area contributed by atoms with Crippen molar-refractivity contribution in [2.75, 3.05) is 26.4 Å². The Bertz CT molecular complexity index is 945. The summed E-state index contributed by atoms with van der Waals surface area (Å²) in [5, 5.41) is 134. The molecule has 4 heterocycles. The predicted molar refractivity (Wildman–Crippen MR) is 142 cm³/mol. The zero-order chi connectivity index (χ0) is 34.1. The van der Waals surface area contributed by atoms with E-state index in [1.807, 2.05) is 0 Å². The lowest BCUT2D eigenvalue weighted by Gasteiger charge is -2.55. The fourth-order valence-corrected chi connectivity index (χ4v) is 5.96. The van der Waals surface area contributed by atoms with Crippen molar-refractivity contribution in [1.29, 1.82) is 0 Å². The van der Waals surface area contributed by atoms with Gasteiger partial charge in [-0.15, -0.1) is 0 Å². The van der Waals surface area contributed by atoms with Crippen LogP contribution in [-0.2, 0) is 33.2 Å². The van der Waals surface area contributed by atoms with Gasteiger partial charge in [-0.25, -0.2) is 0 Å². The van der Waals surface area contributed by atoms with E-state index in [-0.39, 0.29) is 12.8 Å². The zero-order valence-electron chi connectivity index (χ0n) is 24.8. The van der Waals surface area contributed by atoms with Crippen molar-refractivity contribution in [2.45, 2.75) is 136 Å². The van der Waals surface area contributed by atoms with E-state index in [0.717, 1.165) is 0 Å². The summed E-state index contributed by atoms with van der Waals surface area (Å²) in [6, 6.07) is 0. The highest BCUT2D eigenvalue weighted by atomic mass is 16.8. The molecule has 0 amide bonds. The summed E-state index contributed by atoms with van der Waals surface area (Å²) in [4.78, 5) is 0. The van der Waals surface area contributed by atoms with Crippen LogP contribution in [0.4, 0.5) is 0 Å². The van der Waals surface area contributed by atoms with Crippen LogP contribution in [0.5, 0.6) is 0 Å². The summed E-state index contributed by atoms with van der Waals surface area (Å²) in [6.07, 6.45) is -32.3. The summed E-state index contributed by atoms with van der Waals surface area (Å²) < 4.78 is 40.3. The Kier molecular flexibility index (Phi) is 13.1. The Morgan fingerprint density at radius 1 is 0.587 bits per heavy atom. The maximum Gasteiger partial charge on any atom is 0.200 e. The Balaban J connectivity index is 1.77. The average Bonchev–Trinajstić information content (AvgIpc) is 3.04. The molecule has 46 heavy (non-hydrogen) atoms. The molecule has 0 aromatic rings. The van der Waals surface area contributed by atoms with Gasteiger partial charge < -0.3 is 99.5 Å². The number of ether oxygens (including phenoxy) is 7. The smallest absolute Gasteiger partial charge is 0.200 e. The number of hydrogen-bond acceptors (Lipinski definition) is 20. The van der Waals surface area contributed by atoms with Gasteiger partial charge in [0.15, 0.2) is 18.9 Å². The van der Waals surface area contributed by atoms with Crippen molar-refractivity contribution >= 4 is 0 Å². The highest BCUT2D eigenvalue weighted by Gasteiger charge is 2.62. The second-order valence-electron chi connectivity index (χ2n) is 11.8. The van der Waals surface area contributed by atoms with E-state index in [4.69, 9.17) is 33.2 Å². The molecule has 4 rings (SSSR count). The molecule has 0 bridgehead atoms. The predicted octanol–water partition coefficient (Wildman–Crippen LogP) is -7.94. The zero-order valence-corrected chi connectivity index (χ0v) is 24.8. The molecule has 20 heteroatoms. The Morgan fingerprint density at radius 3 is 1.65 bits per heavy atom. The van der Waals surface area contributed by atoms with E-state index in [1.54, 1.807) is 6.92 Å². The largest absolute Gasteiger partial charge is 0.394 e. The van der Waals surface area contributed by atoms with Gasteiger partial charge in [-0.3, -0.25) is 0 Å². The van der Waals surface area contributed by atoms with Crippen molar-refractivity contribution in [3.63, 3.8) is 0 Å². The minimum absolute atomic E-state index is 0.160. The first kappa shape index (κ1) is 38.0. The first-order chi connectivity index (χ1) is 21.7. The number of rotatable bonds is 11. The molecule has 19 atom stereocenters. The number of aliphatic hydroxyl groups excluding tert-OH is 13. The van der Waals surface area contributed by atoms with Crippen LogP contribution >= 0.6 is 0 Å². The van der Waals surface area contributed by atoms with E-state index in [0.29, 0.717) is 0 Å². The molecule has 0 aromatic carbocycles. The molecule has 0 saturated carbocycles. The van der Waals surface area contributed by atoms with Crippen LogP contribution in [0.2, 0.25) is 0 Å². The maximum atomic E-state index is 11.3. The molecule has 0 spiro atoms. The molecule has 4 saturated heterocycles. The monoisotopic (exact) mass is 678 g/mol. The molecular weight excluding hydrogens is 632 g/mol. The second kappa shape index (κ2) is 15.8. The van der Waals surface area contributed by atoms with Crippen LogP contribution in [-0.4, -0.2) is 209 Å². The third kappa shape index (κ3) is 7.37. The molecule has 270 valence electrons. The standard InChI is InChI=1S/C26H46O20/c1-2-3-26(46-25-20(39)17(36)14(33)10(5-28)42-25)22(44-23-18(37)12(31)8(30)7-40-23)21(15(34)11(6-29)45-26)43-24-19(38)16(35)13(32)9(4-27)41-24/h8-25,27-39H,2-7H2,1H3/t8-,9-,10-,11-,12+,13-,14+,15-,16+,17+,18-,19-,20-,21+,22-,23-,24+,25+,26+/m1/s1. The van der Waals surface area contributed by atoms with E-state index < -0.39 is 143 Å². The van der Waals surface area contributed by atoms with Crippen LogP contribution in [0.3, 0.4) is 0 Å². The minimum Gasteiger partial charge on any atom is -0.394 e. The molecule has 0 unspecified atom stereocenters. The van der Waals surface area contributed by atoms with Gasteiger partial charge in [0.05, 0.1) is 26.4 Å². The van der Waals surface area contributed by atoms with Gasteiger partial charge in [0.1, 0.15) is 91.6 Å². The fourth-order valence-electron chi connectivity index (χ4n) is 5.96. The molecule has 0 aliphatic carbocycles. The van der Waals surface area contributed by atoms with E-state index in [9.17, 15) is 66.4 Å². The first-order valence-electron chi connectivity index (χ1n) is 15.0. The van der Waals surface area contributed by atoms with Gasteiger partial charge in [0.2, 0.25) is 5.79 Å². The quantitative estimate of drug-likeness (QED) is 0.0964. The Hall–Kier alpha value is -0.800. The SMILES string of the molecule is CCC[C@@]1(O[C@@H]2O[C@H](CO)[C@H](O)[C@H](O)[C@H]2O)O[C@H](CO)[C@@H](O)[C@H](O[C@@H]2O[C@H](CO)[C@@H](O)[C@H](O)[C@H]2O)[C@H]1O[C@H]1OC[C@@H](O)[C@H](O)[C@H]1O. The molecule has 20 nitrogen and oxygen atoms in total. The molecular formula is C26H46O20. The van der Waals surface area contributed by atoms with Crippen molar-refractivity contribution in [3.05, 3.63) is 0 Å². The normalized spacial score (nSPS) is 52.0. The van der Waals surface area contributed by atoms with Crippen LogP contribution in [0.1, 0.15) is 19.8 Å². The summed E-state index contributed by atoms with van der Waals surface area (Å²) >= 11 is 0. The topological polar surface area (TPSA) is 328 Å². The van der Waals surface area contributed by atoms with Crippen LogP contribution in [0, 0.1) is 0 Å². The van der Waals surface area contributed by atoms with Gasteiger partial charge >= 0.3 is 0 Å². The van der Waals surface area contributed by atoms with Crippen molar-refractivity contribution in [3.8, 4) is 0 Å². The van der Waals surface area contributed by atoms with E-state index in [1.165, 1.54) is 0 Å². The van der Waals surface area contributed by atoms with Gasteiger partial charge in [-0.05, 0) is 0 Å². The lowest BCUT2D eigenvalue weighted by atomic mass is 9.88. The molecule has 4 aliphatic rings. The molecule has 0 radical (unpaired) electrons. The molecule has 0 aromatic heterocycles. The van der Waals surface area contributed by atoms with E-state index >= 15 is 0 Å². The molecule has 13 N–H and O–H groups in total. The molecule has 4 fully saturated rings. The third-order valence-electron chi connectivity index (χ3n) is 8.62. The number of hydrogen-bond donors (Lipinski definition) is 13.